The SMILES string of the molecule is CCCS(=O)(=O)N(CCCc1ccnc(N)n1)C1CCNCC1. The molecule has 0 atom stereocenters. The molecule has 1 fully saturated rings. The first-order chi connectivity index (χ1) is 11.0. The maximum Gasteiger partial charge on any atom is 0.220 e. The Bertz CT molecular complexity index is 587. The Balaban J connectivity index is 1.99. The molecule has 1 aliphatic heterocycles. The third-order valence-corrected chi connectivity index (χ3v) is 6.20. The monoisotopic (exact) mass is 341 g/mol. The first-order valence-electron chi connectivity index (χ1n) is 8.30. The number of nitrogens with two attached hydrogens (primary N) is 1. The number of nitrogens with one attached hydrogen (secondary N) is 1. The van der Waals surface area contributed by atoms with Crippen molar-refractivity contribution in [1.82, 2.24) is 19.6 Å². The number of piperidine rings is 1. The predicted molar refractivity (Wildman–Crippen MR) is 91.4 cm³/mol. The van der Waals surface area contributed by atoms with Gasteiger partial charge in [0.2, 0.25) is 16.0 Å². The molecule has 0 unspecified atom stereocenters. The second-order valence-electron chi connectivity index (χ2n) is 5.92. The molecule has 130 valence electrons. The van der Waals surface area contributed by atoms with Crippen molar-refractivity contribution >= 4 is 16.0 Å². The van der Waals surface area contributed by atoms with E-state index in [0.717, 1.165) is 38.0 Å². The summed E-state index contributed by atoms with van der Waals surface area (Å²) in [5, 5.41) is 3.29. The van der Waals surface area contributed by atoms with Crippen LogP contribution < -0.4 is 11.1 Å². The molecule has 0 bridgehead atoms. The number of aromatic nitrogens is 2. The van der Waals surface area contributed by atoms with E-state index in [2.05, 4.69) is 15.3 Å². The lowest BCUT2D eigenvalue weighted by Gasteiger charge is -2.33. The van der Waals surface area contributed by atoms with Crippen LogP contribution in [0.3, 0.4) is 0 Å². The standard InChI is InChI=1S/C15H27N5O2S/c1-2-12-23(21,22)20(14-6-8-17-9-7-14)11-3-4-13-5-10-18-15(16)19-13/h5,10,14,17H,2-4,6-9,11-12H2,1H3,(H2,16,18,19). The van der Waals surface area contributed by atoms with Crippen LogP contribution in [0.4, 0.5) is 5.95 Å². The van der Waals surface area contributed by atoms with Crippen molar-refractivity contribution in [2.45, 2.75) is 45.1 Å². The van der Waals surface area contributed by atoms with Gasteiger partial charge in [-0.1, -0.05) is 6.92 Å². The summed E-state index contributed by atoms with van der Waals surface area (Å²) in [6.45, 7) is 4.20. The molecule has 1 aromatic rings. The van der Waals surface area contributed by atoms with E-state index in [4.69, 9.17) is 5.73 Å². The van der Waals surface area contributed by atoms with Gasteiger partial charge in [0.15, 0.2) is 0 Å². The van der Waals surface area contributed by atoms with Crippen molar-refractivity contribution in [3.8, 4) is 0 Å². The normalized spacial score (nSPS) is 16.8. The van der Waals surface area contributed by atoms with Gasteiger partial charge in [-0.05, 0) is 51.3 Å². The molecule has 2 heterocycles. The maximum atomic E-state index is 12.6. The van der Waals surface area contributed by atoms with Crippen molar-refractivity contribution in [2.75, 3.05) is 31.1 Å². The summed E-state index contributed by atoms with van der Waals surface area (Å²) in [4.78, 5) is 8.04. The van der Waals surface area contributed by atoms with E-state index in [1.165, 1.54) is 0 Å². The number of rotatable bonds is 8. The van der Waals surface area contributed by atoms with Gasteiger partial charge in [-0.2, -0.15) is 4.31 Å². The number of anilines is 1. The summed E-state index contributed by atoms with van der Waals surface area (Å²) < 4.78 is 26.9. The Morgan fingerprint density at radius 1 is 1.39 bits per heavy atom. The van der Waals surface area contributed by atoms with Crippen LogP contribution in [0, 0.1) is 0 Å². The zero-order valence-corrected chi connectivity index (χ0v) is 14.6. The van der Waals surface area contributed by atoms with Crippen molar-refractivity contribution < 1.29 is 8.42 Å². The fourth-order valence-electron chi connectivity index (χ4n) is 2.99. The van der Waals surface area contributed by atoms with Crippen LogP contribution in [0.5, 0.6) is 0 Å². The molecule has 0 amide bonds. The largest absolute Gasteiger partial charge is 0.368 e. The summed E-state index contributed by atoms with van der Waals surface area (Å²) in [5.41, 5.74) is 6.44. The second kappa shape index (κ2) is 8.56. The Labute approximate surface area is 138 Å². The molecule has 8 heteroatoms. The molecule has 0 saturated carbocycles. The highest BCUT2D eigenvalue weighted by molar-refractivity contribution is 7.89. The fraction of sp³-hybridized carbons (Fsp3) is 0.733. The summed E-state index contributed by atoms with van der Waals surface area (Å²) >= 11 is 0. The first-order valence-corrected chi connectivity index (χ1v) is 9.91. The zero-order valence-electron chi connectivity index (χ0n) is 13.7. The van der Waals surface area contributed by atoms with Crippen LogP contribution in [0.1, 0.15) is 38.3 Å². The van der Waals surface area contributed by atoms with E-state index in [1.54, 1.807) is 10.5 Å². The van der Waals surface area contributed by atoms with Gasteiger partial charge in [0.05, 0.1) is 5.75 Å². The highest BCUT2D eigenvalue weighted by Crippen LogP contribution is 2.18. The van der Waals surface area contributed by atoms with E-state index in [9.17, 15) is 8.42 Å². The molecule has 0 spiro atoms. The van der Waals surface area contributed by atoms with Crippen LogP contribution in [-0.2, 0) is 16.4 Å². The summed E-state index contributed by atoms with van der Waals surface area (Å²) in [6.07, 6.45) is 5.48. The van der Waals surface area contributed by atoms with Gasteiger partial charge < -0.3 is 11.1 Å². The average molecular weight is 341 g/mol. The van der Waals surface area contributed by atoms with Gasteiger partial charge in [0.25, 0.3) is 0 Å². The predicted octanol–water partition coefficient (Wildman–Crippen LogP) is 0.785. The number of aryl methyl sites for hydroxylation is 1. The third-order valence-electron chi connectivity index (χ3n) is 4.08. The smallest absolute Gasteiger partial charge is 0.220 e. The number of nitrogen functional groups attached to an aromatic ring is 1. The highest BCUT2D eigenvalue weighted by atomic mass is 32.2. The molecular weight excluding hydrogens is 314 g/mol. The van der Waals surface area contributed by atoms with E-state index in [-0.39, 0.29) is 17.7 Å². The van der Waals surface area contributed by atoms with Gasteiger partial charge in [-0.3, -0.25) is 0 Å². The zero-order chi connectivity index (χ0) is 16.7. The van der Waals surface area contributed by atoms with E-state index in [1.807, 2.05) is 13.0 Å². The van der Waals surface area contributed by atoms with Gasteiger partial charge in [0.1, 0.15) is 0 Å². The van der Waals surface area contributed by atoms with Gasteiger partial charge >= 0.3 is 0 Å². The lowest BCUT2D eigenvalue weighted by atomic mass is 10.1. The molecule has 2 rings (SSSR count). The summed E-state index contributed by atoms with van der Waals surface area (Å²) in [6, 6.07) is 1.94. The van der Waals surface area contributed by atoms with Crippen LogP contribution in [-0.4, -0.2) is 54.1 Å². The van der Waals surface area contributed by atoms with E-state index < -0.39 is 10.0 Å². The highest BCUT2D eigenvalue weighted by Gasteiger charge is 2.29. The Morgan fingerprint density at radius 3 is 2.78 bits per heavy atom. The second-order valence-corrected chi connectivity index (χ2v) is 7.96. The topological polar surface area (TPSA) is 101 Å². The summed E-state index contributed by atoms with van der Waals surface area (Å²) in [7, 11) is -3.19. The van der Waals surface area contributed by atoms with Crippen molar-refractivity contribution in [1.29, 1.82) is 0 Å². The molecule has 0 aromatic carbocycles. The minimum absolute atomic E-state index is 0.114. The maximum absolute atomic E-state index is 12.6. The van der Waals surface area contributed by atoms with Gasteiger partial charge in [0, 0.05) is 24.5 Å². The number of hydrogen-bond donors (Lipinski definition) is 2. The molecule has 0 aliphatic carbocycles. The molecule has 1 aromatic heterocycles. The molecule has 3 N–H and O–H groups in total. The minimum Gasteiger partial charge on any atom is -0.368 e. The van der Waals surface area contributed by atoms with Crippen molar-refractivity contribution in [2.24, 2.45) is 0 Å². The Kier molecular flexibility index (Phi) is 6.73. The Hall–Kier alpha value is -1.25. The van der Waals surface area contributed by atoms with Gasteiger partial charge in [-0.25, -0.2) is 18.4 Å². The van der Waals surface area contributed by atoms with E-state index >= 15 is 0 Å². The van der Waals surface area contributed by atoms with Crippen LogP contribution in [0.25, 0.3) is 0 Å². The van der Waals surface area contributed by atoms with Crippen LogP contribution in [0.2, 0.25) is 0 Å². The minimum atomic E-state index is -3.19. The third kappa shape index (κ3) is 5.40. The quantitative estimate of drug-likeness (QED) is 0.725. The molecule has 1 saturated heterocycles. The number of nitrogens with zero attached hydrogens (tertiary/aromatic N) is 3. The summed E-state index contributed by atoms with van der Waals surface area (Å²) in [5.74, 6) is 0.480. The van der Waals surface area contributed by atoms with Crippen LogP contribution >= 0.6 is 0 Å². The molecule has 1 aliphatic rings. The molecule has 23 heavy (non-hydrogen) atoms. The number of hydrogen-bond acceptors (Lipinski definition) is 6. The molecule has 0 radical (unpaired) electrons. The average Bonchev–Trinajstić information content (AvgIpc) is 2.52. The first kappa shape index (κ1) is 18.1. The lowest BCUT2D eigenvalue weighted by Crippen LogP contribution is -2.47. The van der Waals surface area contributed by atoms with Crippen LogP contribution in [0.15, 0.2) is 12.3 Å². The fourth-order valence-corrected chi connectivity index (χ4v) is 4.81. The van der Waals surface area contributed by atoms with Crippen molar-refractivity contribution in [3.05, 3.63) is 18.0 Å². The van der Waals surface area contributed by atoms with Crippen molar-refractivity contribution in [3.63, 3.8) is 0 Å². The van der Waals surface area contributed by atoms with Gasteiger partial charge in [-0.15, -0.1) is 0 Å². The number of sulfonamides is 1. The lowest BCUT2D eigenvalue weighted by molar-refractivity contribution is 0.260. The molecular formula is C15H27N5O2S. The molecule has 7 nitrogen and oxygen atoms in total. The Morgan fingerprint density at radius 2 is 2.13 bits per heavy atom. The van der Waals surface area contributed by atoms with E-state index in [0.29, 0.717) is 19.4 Å².